The summed E-state index contributed by atoms with van der Waals surface area (Å²) in [7, 11) is 0. The number of aryl methyl sites for hydroxylation is 1. The Morgan fingerprint density at radius 3 is 2.29 bits per heavy atom. The van der Waals surface area contributed by atoms with Gasteiger partial charge in [-0.3, -0.25) is 4.79 Å². The van der Waals surface area contributed by atoms with Crippen molar-refractivity contribution < 1.29 is 18.0 Å². The number of amides is 1. The highest BCUT2D eigenvalue weighted by atomic mass is 19.2. The normalized spacial score (nSPS) is 10.2. The molecule has 0 radical (unpaired) electrons. The number of benzene rings is 1. The van der Waals surface area contributed by atoms with E-state index in [0.29, 0.717) is 6.07 Å². The Bertz CT molecular complexity index is 365. The van der Waals surface area contributed by atoms with Crippen LogP contribution >= 0.6 is 0 Å². The van der Waals surface area contributed by atoms with Crippen molar-refractivity contribution >= 4 is 5.91 Å². The predicted octanol–water partition coefficient (Wildman–Crippen LogP) is 1.52. The molecule has 0 fully saturated rings. The molecule has 2 nitrogen and oxygen atoms in total. The first-order valence-corrected chi connectivity index (χ1v) is 3.92. The molecule has 0 aliphatic rings. The van der Waals surface area contributed by atoms with E-state index in [4.69, 9.17) is 5.73 Å². The minimum absolute atomic E-state index is 0.0294. The molecule has 0 saturated carbocycles. The molecule has 5 heteroatoms. The first kappa shape index (κ1) is 10.6. The molecule has 0 aliphatic carbocycles. The summed E-state index contributed by atoms with van der Waals surface area (Å²) in [5, 5.41) is 0. The van der Waals surface area contributed by atoms with Gasteiger partial charge >= 0.3 is 0 Å². The van der Waals surface area contributed by atoms with E-state index in [9.17, 15) is 18.0 Å². The summed E-state index contributed by atoms with van der Waals surface area (Å²) in [6, 6.07) is 1.18. The SMILES string of the molecule is NC(=O)CCc1cc(F)c(F)cc1F. The Kier molecular flexibility index (Phi) is 3.11. The Morgan fingerprint density at radius 2 is 1.71 bits per heavy atom. The van der Waals surface area contributed by atoms with Crippen molar-refractivity contribution in [2.75, 3.05) is 0 Å². The lowest BCUT2D eigenvalue weighted by molar-refractivity contribution is -0.117. The van der Waals surface area contributed by atoms with Gasteiger partial charge in [0.15, 0.2) is 11.6 Å². The molecule has 2 N–H and O–H groups in total. The highest BCUT2D eigenvalue weighted by Gasteiger charge is 2.10. The van der Waals surface area contributed by atoms with Crippen LogP contribution in [0.5, 0.6) is 0 Å². The zero-order chi connectivity index (χ0) is 10.7. The van der Waals surface area contributed by atoms with Gasteiger partial charge in [-0.25, -0.2) is 13.2 Å². The first-order valence-electron chi connectivity index (χ1n) is 3.92. The summed E-state index contributed by atoms with van der Waals surface area (Å²) in [6.07, 6.45) is -0.125. The minimum Gasteiger partial charge on any atom is -0.370 e. The third-order valence-corrected chi connectivity index (χ3v) is 1.73. The Morgan fingerprint density at radius 1 is 1.14 bits per heavy atom. The van der Waals surface area contributed by atoms with Crippen LogP contribution in [0, 0.1) is 17.5 Å². The van der Waals surface area contributed by atoms with Crippen LogP contribution in [-0.2, 0) is 11.2 Å². The standard InChI is InChI=1S/C9H8F3NO/c10-6-4-8(12)7(11)3-5(6)1-2-9(13)14/h3-4H,1-2H2,(H2,13,14). The highest BCUT2D eigenvalue weighted by molar-refractivity contribution is 5.74. The molecule has 0 heterocycles. The molecule has 0 aliphatic heterocycles. The quantitative estimate of drug-likeness (QED) is 0.743. The second-order valence-electron chi connectivity index (χ2n) is 2.82. The zero-order valence-electron chi connectivity index (χ0n) is 7.19. The van der Waals surface area contributed by atoms with Crippen LogP contribution in [-0.4, -0.2) is 5.91 Å². The lowest BCUT2D eigenvalue weighted by Crippen LogP contribution is -2.11. The average molecular weight is 203 g/mol. The number of hydrogen-bond acceptors (Lipinski definition) is 1. The van der Waals surface area contributed by atoms with E-state index in [2.05, 4.69) is 0 Å². The molecule has 1 aromatic carbocycles. The van der Waals surface area contributed by atoms with Gasteiger partial charge in [0.1, 0.15) is 5.82 Å². The summed E-state index contributed by atoms with van der Waals surface area (Å²) in [4.78, 5) is 10.4. The first-order chi connectivity index (χ1) is 6.50. The molecule has 0 spiro atoms. The number of rotatable bonds is 3. The average Bonchev–Trinajstić information content (AvgIpc) is 2.09. The van der Waals surface area contributed by atoms with Crippen molar-refractivity contribution in [1.29, 1.82) is 0 Å². The van der Waals surface area contributed by atoms with E-state index in [-0.39, 0.29) is 18.4 Å². The van der Waals surface area contributed by atoms with E-state index in [1.165, 1.54) is 0 Å². The summed E-state index contributed by atoms with van der Waals surface area (Å²) in [5.41, 5.74) is 4.78. The van der Waals surface area contributed by atoms with Crippen molar-refractivity contribution in [2.24, 2.45) is 5.73 Å². The lowest BCUT2D eigenvalue weighted by atomic mass is 10.1. The van der Waals surface area contributed by atoms with Gasteiger partial charge in [0.05, 0.1) is 0 Å². The molecule has 1 aromatic rings. The number of hydrogen-bond donors (Lipinski definition) is 1. The zero-order valence-corrected chi connectivity index (χ0v) is 7.19. The van der Waals surface area contributed by atoms with E-state index in [0.717, 1.165) is 6.07 Å². The number of carbonyl (C=O) groups is 1. The number of halogens is 3. The van der Waals surface area contributed by atoms with Crippen LogP contribution < -0.4 is 5.73 Å². The molecule has 76 valence electrons. The summed E-state index contributed by atoms with van der Waals surface area (Å²) in [6.45, 7) is 0. The van der Waals surface area contributed by atoms with Crippen molar-refractivity contribution in [3.05, 3.63) is 35.1 Å². The molecule has 0 aromatic heterocycles. The van der Waals surface area contributed by atoms with Crippen LogP contribution in [0.4, 0.5) is 13.2 Å². The van der Waals surface area contributed by atoms with Gasteiger partial charge in [-0.15, -0.1) is 0 Å². The molecule has 1 amide bonds. The van der Waals surface area contributed by atoms with Gasteiger partial charge in [0.2, 0.25) is 5.91 Å². The maximum atomic E-state index is 12.9. The third kappa shape index (κ3) is 2.48. The van der Waals surface area contributed by atoms with E-state index in [1.807, 2.05) is 0 Å². The third-order valence-electron chi connectivity index (χ3n) is 1.73. The van der Waals surface area contributed by atoms with Crippen molar-refractivity contribution in [3.8, 4) is 0 Å². The van der Waals surface area contributed by atoms with Gasteiger partial charge < -0.3 is 5.73 Å². The summed E-state index contributed by atoms with van der Waals surface area (Å²) < 4.78 is 38.0. The van der Waals surface area contributed by atoms with Gasteiger partial charge in [0, 0.05) is 12.5 Å². The minimum atomic E-state index is -1.25. The van der Waals surface area contributed by atoms with Gasteiger partial charge in [-0.05, 0) is 18.1 Å². The highest BCUT2D eigenvalue weighted by Crippen LogP contribution is 2.14. The fourth-order valence-corrected chi connectivity index (χ4v) is 1.01. The lowest BCUT2D eigenvalue weighted by Gasteiger charge is -2.02. The number of nitrogens with two attached hydrogens (primary N) is 1. The number of carbonyl (C=O) groups excluding carboxylic acids is 1. The van der Waals surface area contributed by atoms with Gasteiger partial charge in [0.25, 0.3) is 0 Å². The van der Waals surface area contributed by atoms with Gasteiger partial charge in [-0.2, -0.15) is 0 Å². The largest absolute Gasteiger partial charge is 0.370 e. The molecular formula is C9H8F3NO. The van der Waals surface area contributed by atoms with Crippen LogP contribution in [0.3, 0.4) is 0 Å². The van der Waals surface area contributed by atoms with Crippen LogP contribution in [0.1, 0.15) is 12.0 Å². The van der Waals surface area contributed by atoms with Gasteiger partial charge in [-0.1, -0.05) is 0 Å². The van der Waals surface area contributed by atoms with E-state index >= 15 is 0 Å². The van der Waals surface area contributed by atoms with Crippen molar-refractivity contribution in [3.63, 3.8) is 0 Å². The smallest absolute Gasteiger partial charge is 0.217 e. The fourth-order valence-electron chi connectivity index (χ4n) is 1.01. The van der Waals surface area contributed by atoms with Crippen LogP contribution in [0.2, 0.25) is 0 Å². The molecule has 0 saturated heterocycles. The topological polar surface area (TPSA) is 43.1 Å². The summed E-state index contributed by atoms with van der Waals surface area (Å²) >= 11 is 0. The Balaban J connectivity index is 2.87. The molecule has 0 atom stereocenters. The van der Waals surface area contributed by atoms with E-state index in [1.54, 1.807) is 0 Å². The Hall–Kier alpha value is -1.52. The predicted molar refractivity (Wildman–Crippen MR) is 43.8 cm³/mol. The van der Waals surface area contributed by atoms with Crippen molar-refractivity contribution in [2.45, 2.75) is 12.8 Å². The fraction of sp³-hybridized carbons (Fsp3) is 0.222. The Labute approximate surface area is 78.5 Å². The monoisotopic (exact) mass is 203 g/mol. The molecule has 1 rings (SSSR count). The molecule has 0 unspecified atom stereocenters. The van der Waals surface area contributed by atoms with Crippen LogP contribution in [0.15, 0.2) is 12.1 Å². The summed E-state index contributed by atoms with van der Waals surface area (Å²) in [5.74, 6) is -3.87. The maximum absolute atomic E-state index is 12.9. The molecule has 0 bridgehead atoms. The van der Waals surface area contributed by atoms with E-state index < -0.39 is 23.4 Å². The molecule has 14 heavy (non-hydrogen) atoms. The number of primary amides is 1. The second-order valence-corrected chi connectivity index (χ2v) is 2.82. The van der Waals surface area contributed by atoms with Crippen molar-refractivity contribution in [1.82, 2.24) is 0 Å². The second kappa shape index (κ2) is 4.13. The van der Waals surface area contributed by atoms with Crippen LogP contribution in [0.25, 0.3) is 0 Å². The maximum Gasteiger partial charge on any atom is 0.217 e. The molecular weight excluding hydrogens is 195 g/mol.